The lowest BCUT2D eigenvalue weighted by Crippen LogP contribution is -2.50. The molecule has 1 spiro atoms. The Kier molecular flexibility index (Phi) is 5.27. The van der Waals surface area contributed by atoms with Gasteiger partial charge in [0.25, 0.3) is 0 Å². The summed E-state index contributed by atoms with van der Waals surface area (Å²) in [4.78, 5) is 19.5. The van der Waals surface area contributed by atoms with E-state index in [1.807, 2.05) is 30.6 Å². The molecule has 1 aromatic heterocycles. The summed E-state index contributed by atoms with van der Waals surface area (Å²) < 4.78 is 7.34. The number of amides is 1. The van der Waals surface area contributed by atoms with Crippen molar-refractivity contribution in [3.8, 4) is 0 Å². The van der Waals surface area contributed by atoms with Gasteiger partial charge in [-0.25, -0.2) is 4.98 Å². The number of carbonyl (C=O) groups excluding carboxylic acids is 1. The third kappa shape index (κ3) is 3.92. The summed E-state index contributed by atoms with van der Waals surface area (Å²) in [5.41, 5.74) is 1.09. The first-order valence-electron chi connectivity index (χ1n) is 9.77. The zero-order valence-corrected chi connectivity index (χ0v) is 15.9. The van der Waals surface area contributed by atoms with Gasteiger partial charge in [0.1, 0.15) is 5.82 Å². The number of carbonyl (C=O) groups is 1. The van der Waals surface area contributed by atoms with Gasteiger partial charge >= 0.3 is 0 Å². The minimum absolute atomic E-state index is 0.00862. The molecule has 0 aliphatic carbocycles. The van der Waals surface area contributed by atoms with Crippen LogP contribution in [0.25, 0.3) is 0 Å². The maximum atomic E-state index is 12.6. The Hall–Kier alpha value is -2.18. The molecule has 144 valence electrons. The van der Waals surface area contributed by atoms with Gasteiger partial charge in [0.2, 0.25) is 5.91 Å². The second-order valence-corrected chi connectivity index (χ2v) is 7.74. The standard InChI is InChI=1S/C21H28N4O2/c1-27-14-13-25-12-9-22-19(25)16-24-10-7-21(8-11-24)15-18(20(26)23-21)17-5-3-2-4-6-17/h2-6,9,12,18H,7-8,10-11,13-16H2,1H3,(H,23,26). The maximum absolute atomic E-state index is 12.6. The Morgan fingerprint density at radius 1 is 1.26 bits per heavy atom. The molecule has 2 aromatic rings. The molecule has 1 amide bonds. The van der Waals surface area contributed by atoms with Gasteiger partial charge in [0.15, 0.2) is 0 Å². The van der Waals surface area contributed by atoms with E-state index in [1.165, 1.54) is 0 Å². The van der Waals surface area contributed by atoms with E-state index in [4.69, 9.17) is 4.74 Å². The SMILES string of the molecule is COCCn1ccnc1CN1CCC2(CC1)CC(c1ccccc1)C(=O)N2. The number of benzene rings is 1. The zero-order valence-electron chi connectivity index (χ0n) is 15.9. The molecule has 1 N–H and O–H groups in total. The molecule has 3 heterocycles. The van der Waals surface area contributed by atoms with Crippen LogP contribution in [0.3, 0.4) is 0 Å². The lowest BCUT2D eigenvalue weighted by Gasteiger charge is -2.39. The van der Waals surface area contributed by atoms with Gasteiger partial charge in [0.05, 0.1) is 19.1 Å². The minimum Gasteiger partial charge on any atom is -0.383 e. The average molecular weight is 368 g/mol. The summed E-state index contributed by atoms with van der Waals surface area (Å²) in [6, 6.07) is 10.2. The van der Waals surface area contributed by atoms with Gasteiger partial charge < -0.3 is 14.6 Å². The van der Waals surface area contributed by atoms with Crippen LogP contribution in [0.5, 0.6) is 0 Å². The lowest BCUT2D eigenvalue weighted by molar-refractivity contribution is -0.121. The molecule has 1 unspecified atom stereocenters. The lowest BCUT2D eigenvalue weighted by atomic mass is 9.82. The predicted molar refractivity (Wildman–Crippen MR) is 103 cm³/mol. The number of hydrogen-bond acceptors (Lipinski definition) is 4. The van der Waals surface area contributed by atoms with Gasteiger partial charge in [-0.15, -0.1) is 0 Å². The largest absolute Gasteiger partial charge is 0.383 e. The molecule has 1 atom stereocenters. The second-order valence-electron chi connectivity index (χ2n) is 7.74. The van der Waals surface area contributed by atoms with Crippen LogP contribution in [0, 0.1) is 0 Å². The number of aromatic nitrogens is 2. The van der Waals surface area contributed by atoms with Crippen molar-refractivity contribution in [3.05, 3.63) is 54.1 Å². The van der Waals surface area contributed by atoms with E-state index in [-0.39, 0.29) is 17.4 Å². The molecule has 6 nitrogen and oxygen atoms in total. The van der Waals surface area contributed by atoms with Crippen molar-refractivity contribution < 1.29 is 9.53 Å². The first kappa shape index (κ1) is 18.2. The van der Waals surface area contributed by atoms with E-state index in [0.717, 1.165) is 56.8 Å². The molecule has 0 radical (unpaired) electrons. The fraction of sp³-hybridized carbons (Fsp3) is 0.524. The Morgan fingerprint density at radius 3 is 2.78 bits per heavy atom. The van der Waals surface area contributed by atoms with Crippen molar-refractivity contribution in [1.82, 2.24) is 19.8 Å². The van der Waals surface area contributed by atoms with Gasteiger partial charge in [0, 0.05) is 44.7 Å². The van der Waals surface area contributed by atoms with E-state index in [0.29, 0.717) is 6.61 Å². The van der Waals surface area contributed by atoms with Crippen molar-refractivity contribution in [2.24, 2.45) is 0 Å². The van der Waals surface area contributed by atoms with Gasteiger partial charge in [-0.2, -0.15) is 0 Å². The Balaban J connectivity index is 1.35. The smallest absolute Gasteiger partial charge is 0.228 e. The number of imidazole rings is 1. The van der Waals surface area contributed by atoms with E-state index in [2.05, 4.69) is 31.9 Å². The first-order chi connectivity index (χ1) is 13.2. The highest BCUT2D eigenvalue weighted by Gasteiger charge is 2.46. The summed E-state index contributed by atoms with van der Waals surface area (Å²) in [5, 5.41) is 3.33. The molecule has 2 saturated heterocycles. The van der Waals surface area contributed by atoms with E-state index < -0.39 is 0 Å². The van der Waals surface area contributed by atoms with Crippen LogP contribution >= 0.6 is 0 Å². The average Bonchev–Trinajstić information content (AvgIpc) is 3.27. The molecule has 4 rings (SSSR count). The van der Waals surface area contributed by atoms with Crippen LogP contribution in [0.1, 0.15) is 36.6 Å². The summed E-state index contributed by atoms with van der Waals surface area (Å²) in [6.45, 7) is 4.35. The number of nitrogens with zero attached hydrogens (tertiary/aromatic N) is 3. The van der Waals surface area contributed by atoms with Gasteiger partial charge in [-0.05, 0) is 24.8 Å². The zero-order chi connectivity index (χ0) is 18.7. The summed E-state index contributed by atoms with van der Waals surface area (Å²) >= 11 is 0. The van der Waals surface area contributed by atoms with Crippen LogP contribution in [-0.4, -0.2) is 52.7 Å². The van der Waals surface area contributed by atoms with Crippen LogP contribution in [0.2, 0.25) is 0 Å². The van der Waals surface area contributed by atoms with Crippen LogP contribution in [0.4, 0.5) is 0 Å². The Labute approximate surface area is 160 Å². The second kappa shape index (κ2) is 7.82. The maximum Gasteiger partial charge on any atom is 0.228 e. The van der Waals surface area contributed by atoms with Crippen molar-refractivity contribution >= 4 is 5.91 Å². The highest BCUT2D eigenvalue weighted by Crippen LogP contribution is 2.39. The number of hydrogen-bond donors (Lipinski definition) is 1. The molecular weight excluding hydrogens is 340 g/mol. The van der Waals surface area contributed by atoms with Gasteiger partial charge in [-0.1, -0.05) is 30.3 Å². The number of likely N-dealkylation sites (tertiary alicyclic amines) is 1. The van der Waals surface area contributed by atoms with E-state index >= 15 is 0 Å². The van der Waals surface area contributed by atoms with Crippen LogP contribution in [-0.2, 0) is 22.6 Å². The molecular formula is C21H28N4O2. The van der Waals surface area contributed by atoms with Gasteiger partial charge in [-0.3, -0.25) is 9.69 Å². The minimum atomic E-state index is -0.0421. The first-order valence-corrected chi connectivity index (χ1v) is 9.77. The van der Waals surface area contributed by atoms with Crippen LogP contribution < -0.4 is 5.32 Å². The van der Waals surface area contributed by atoms with Crippen molar-refractivity contribution in [2.75, 3.05) is 26.8 Å². The monoisotopic (exact) mass is 368 g/mol. The van der Waals surface area contributed by atoms with E-state index in [9.17, 15) is 4.79 Å². The molecule has 0 bridgehead atoms. The van der Waals surface area contributed by atoms with Crippen LogP contribution in [0.15, 0.2) is 42.7 Å². The molecule has 0 saturated carbocycles. The molecule has 2 aliphatic rings. The highest BCUT2D eigenvalue weighted by molar-refractivity contribution is 5.87. The fourth-order valence-corrected chi connectivity index (χ4v) is 4.39. The highest BCUT2D eigenvalue weighted by atomic mass is 16.5. The normalized spacial score (nSPS) is 22.3. The third-order valence-corrected chi connectivity index (χ3v) is 6.02. The molecule has 2 fully saturated rings. The van der Waals surface area contributed by atoms with Crippen molar-refractivity contribution in [2.45, 2.75) is 43.8 Å². The summed E-state index contributed by atoms with van der Waals surface area (Å²) in [6.07, 6.45) is 6.79. The van der Waals surface area contributed by atoms with E-state index in [1.54, 1.807) is 7.11 Å². The summed E-state index contributed by atoms with van der Waals surface area (Å²) in [5.74, 6) is 1.26. The third-order valence-electron chi connectivity index (χ3n) is 6.02. The number of rotatable bonds is 6. The topological polar surface area (TPSA) is 59.4 Å². The summed E-state index contributed by atoms with van der Waals surface area (Å²) in [7, 11) is 1.72. The molecule has 1 aromatic carbocycles. The fourth-order valence-electron chi connectivity index (χ4n) is 4.39. The number of piperidine rings is 1. The number of nitrogens with one attached hydrogen (secondary N) is 1. The quantitative estimate of drug-likeness (QED) is 0.849. The number of methoxy groups -OCH3 is 1. The molecule has 2 aliphatic heterocycles. The molecule has 27 heavy (non-hydrogen) atoms. The van der Waals surface area contributed by atoms with Crippen molar-refractivity contribution in [1.29, 1.82) is 0 Å². The Bertz CT molecular complexity index is 765. The Morgan fingerprint density at radius 2 is 2.04 bits per heavy atom. The molecule has 6 heteroatoms. The predicted octanol–water partition coefficient (Wildman–Crippen LogP) is 2.17. The van der Waals surface area contributed by atoms with Crippen molar-refractivity contribution in [3.63, 3.8) is 0 Å². The number of ether oxygens (including phenoxy) is 1.